The van der Waals surface area contributed by atoms with E-state index in [2.05, 4.69) is 11.9 Å². The molecule has 0 radical (unpaired) electrons. The molecule has 11 heteroatoms. The van der Waals surface area contributed by atoms with Crippen LogP contribution in [-0.4, -0.2) is 60.3 Å². The van der Waals surface area contributed by atoms with Crippen LogP contribution in [0.4, 0.5) is 18.0 Å². The number of methoxy groups -OCH3 is 1. The first-order valence-electron chi connectivity index (χ1n) is 15.8. The van der Waals surface area contributed by atoms with Crippen LogP contribution in [0.15, 0.2) is 91.6 Å². The first-order valence-corrected chi connectivity index (χ1v) is 15.8. The molecule has 254 valence electrons. The Morgan fingerprint density at radius 2 is 1.85 bits per heavy atom. The zero-order chi connectivity index (χ0) is 34.3. The molecule has 0 spiro atoms. The van der Waals surface area contributed by atoms with Crippen molar-refractivity contribution in [3.63, 3.8) is 0 Å². The third kappa shape index (κ3) is 8.45. The van der Waals surface area contributed by atoms with E-state index in [1.807, 2.05) is 73.0 Å². The summed E-state index contributed by atoms with van der Waals surface area (Å²) in [4.78, 5) is 19.0. The third-order valence-corrected chi connectivity index (χ3v) is 8.54. The summed E-state index contributed by atoms with van der Waals surface area (Å²) < 4.78 is 62.6. The molecule has 5 rings (SSSR count). The van der Waals surface area contributed by atoms with Crippen LogP contribution in [0.1, 0.15) is 36.8 Å². The number of benzene rings is 3. The second-order valence-corrected chi connectivity index (χ2v) is 12.5. The van der Waals surface area contributed by atoms with Crippen LogP contribution < -0.4 is 10.1 Å². The molecule has 1 aromatic heterocycles. The fraction of sp³-hybridized carbons (Fsp3) is 0.351. The van der Waals surface area contributed by atoms with Gasteiger partial charge in [-0.3, -0.25) is 0 Å². The summed E-state index contributed by atoms with van der Waals surface area (Å²) in [5.41, 5.74) is 1.36. The van der Waals surface area contributed by atoms with Gasteiger partial charge in [0.05, 0.1) is 18.3 Å². The summed E-state index contributed by atoms with van der Waals surface area (Å²) in [6, 6.07) is 19.5. The number of carbonyl (C=O) groups excluding carboxylic acids is 1. The lowest BCUT2D eigenvalue weighted by Gasteiger charge is -2.33. The molecule has 1 fully saturated rings. The number of hydrogen-bond donors (Lipinski definition) is 1. The zero-order valence-electron chi connectivity index (χ0n) is 27.4. The Morgan fingerprint density at radius 3 is 2.60 bits per heavy atom. The van der Waals surface area contributed by atoms with E-state index in [1.165, 1.54) is 12.0 Å². The minimum atomic E-state index is -1.28. The molecule has 0 aliphatic carbocycles. The molecule has 3 atom stereocenters. The highest BCUT2D eigenvalue weighted by molar-refractivity contribution is 5.68. The molecule has 2 heterocycles. The van der Waals surface area contributed by atoms with Gasteiger partial charge in [-0.05, 0) is 41.5 Å². The van der Waals surface area contributed by atoms with Crippen molar-refractivity contribution in [3.05, 3.63) is 120 Å². The molecule has 0 saturated carbocycles. The summed E-state index contributed by atoms with van der Waals surface area (Å²) in [5.74, 6) is -0.588. The number of nitrogens with one attached hydrogen (secondary N) is 1. The summed E-state index contributed by atoms with van der Waals surface area (Å²) in [5, 5.41) is 3.49. The van der Waals surface area contributed by atoms with E-state index < -0.39 is 41.3 Å². The maximum atomic E-state index is 15.4. The van der Waals surface area contributed by atoms with Gasteiger partial charge in [-0.15, -0.1) is 6.58 Å². The van der Waals surface area contributed by atoms with Crippen molar-refractivity contribution in [1.29, 1.82) is 0 Å². The number of imidazole rings is 1. The SMILES string of the molecule is C=CC(C)(C)C(NCC1CN(C(=O)OCc2ccccc2)CC1F)c1nc(-c2cc(F)ccc2F)cn1Cc1cccc(OCOC)c1. The van der Waals surface area contributed by atoms with Crippen molar-refractivity contribution in [2.45, 2.75) is 39.2 Å². The monoisotopic (exact) mass is 662 g/mol. The average Bonchev–Trinajstić information content (AvgIpc) is 3.67. The molecule has 8 nitrogen and oxygen atoms in total. The lowest BCUT2D eigenvalue weighted by atomic mass is 9.83. The predicted molar refractivity (Wildman–Crippen MR) is 177 cm³/mol. The predicted octanol–water partition coefficient (Wildman–Crippen LogP) is 7.31. The Balaban J connectivity index is 1.40. The molecule has 4 aromatic rings. The normalized spacial score (nSPS) is 16.9. The largest absolute Gasteiger partial charge is 0.468 e. The van der Waals surface area contributed by atoms with E-state index in [-0.39, 0.29) is 44.3 Å². The summed E-state index contributed by atoms with van der Waals surface area (Å²) >= 11 is 0. The lowest BCUT2D eigenvalue weighted by Crippen LogP contribution is -2.39. The van der Waals surface area contributed by atoms with Gasteiger partial charge in [0.25, 0.3) is 0 Å². The van der Waals surface area contributed by atoms with Crippen LogP contribution in [0.5, 0.6) is 5.75 Å². The first kappa shape index (κ1) is 34.7. The second-order valence-electron chi connectivity index (χ2n) is 12.5. The van der Waals surface area contributed by atoms with E-state index in [1.54, 1.807) is 12.3 Å². The molecule has 3 aromatic carbocycles. The van der Waals surface area contributed by atoms with Gasteiger partial charge in [-0.2, -0.15) is 0 Å². The van der Waals surface area contributed by atoms with Gasteiger partial charge in [0.2, 0.25) is 0 Å². The lowest BCUT2D eigenvalue weighted by molar-refractivity contribution is 0.0511. The maximum absolute atomic E-state index is 15.4. The number of likely N-dealkylation sites (tertiary alicyclic amines) is 1. The Kier molecular flexibility index (Phi) is 11.2. The van der Waals surface area contributed by atoms with Crippen molar-refractivity contribution in [3.8, 4) is 17.0 Å². The van der Waals surface area contributed by atoms with Crippen LogP contribution in [0, 0.1) is 23.0 Å². The maximum Gasteiger partial charge on any atom is 0.410 e. The molecule has 1 aliphatic rings. The third-order valence-electron chi connectivity index (χ3n) is 8.54. The summed E-state index contributed by atoms with van der Waals surface area (Å²) in [7, 11) is 1.54. The van der Waals surface area contributed by atoms with Crippen molar-refractivity contribution in [2.24, 2.45) is 11.3 Å². The molecule has 0 bridgehead atoms. The topological polar surface area (TPSA) is 77.9 Å². The fourth-order valence-corrected chi connectivity index (χ4v) is 5.73. The smallest absolute Gasteiger partial charge is 0.410 e. The Morgan fingerprint density at radius 1 is 1.08 bits per heavy atom. The van der Waals surface area contributed by atoms with Crippen molar-refractivity contribution in [1.82, 2.24) is 19.8 Å². The summed E-state index contributed by atoms with van der Waals surface area (Å²) in [6.45, 7) is 8.79. The van der Waals surface area contributed by atoms with Gasteiger partial charge in [-0.1, -0.05) is 62.4 Å². The number of ether oxygens (including phenoxy) is 3. The zero-order valence-corrected chi connectivity index (χ0v) is 27.4. The fourth-order valence-electron chi connectivity index (χ4n) is 5.73. The number of amides is 1. The van der Waals surface area contributed by atoms with E-state index in [0.717, 1.165) is 29.3 Å². The molecule has 48 heavy (non-hydrogen) atoms. The number of hydrogen-bond acceptors (Lipinski definition) is 6. The van der Waals surface area contributed by atoms with Crippen molar-refractivity contribution < 1.29 is 32.2 Å². The van der Waals surface area contributed by atoms with Crippen LogP contribution in [0.3, 0.4) is 0 Å². The summed E-state index contributed by atoms with van der Waals surface area (Å²) in [6.07, 6.45) is 1.61. The van der Waals surface area contributed by atoms with Crippen LogP contribution in [-0.2, 0) is 22.6 Å². The molecular formula is C37H41F3N4O4. The highest BCUT2D eigenvalue weighted by Crippen LogP contribution is 2.37. The van der Waals surface area contributed by atoms with Gasteiger partial charge in [-0.25, -0.2) is 22.9 Å². The molecule has 1 aliphatic heterocycles. The number of halogens is 3. The second kappa shape index (κ2) is 15.5. The van der Waals surface area contributed by atoms with Crippen molar-refractivity contribution >= 4 is 6.09 Å². The number of alkyl halides is 1. The number of aromatic nitrogens is 2. The molecule has 3 unspecified atom stereocenters. The molecular weight excluding hydrogens is 621 g/mol. The Hall–Kier alpha value is -4.61. The van der Waals surface area contributed by atoms with Gasteiger partial charge < -0.3 is 29.0 Å². The van der Waals surface area contributed by atoms with E-state index in [9.17, 15) is 13.6 Å². The number of nitrogens with zero attached hydrogens (tertiary/aromatic N) is 3. The molecule has 1 saturated heterocycles. The highest BCUT2D eigenvalue weighted by atomic mass is 19.1. The minimum absolute atomic E-state index is 0.0200. The standard InChI is InChI=1S/C37H41F3N4O4/c1-5-37(2,3)34(41-18-27-20-44(21-32(27)40)36(45)47-23-25-10-7-6-8-11-25)35-42-33(30-17-28(38)14-15-31(30)39)22-43(35)19-26-12-9-13-29(16-26)48-24-46-4/h5-17,22,27,32,34,41H,1,18-21,23-24H2,2-4H3. The van der Waals surface area contributed by atoms with Crippen LogP contribution in [0.25, 0.3) is 11.3 Å². The first-order chi connectivity index (χ1) is 23.1. The number of rotatable bonds is 14. The molecule has 1 N–H and O–H groups in total. The average molecular weight is 663 g/mol. The minimum Gasteiger partial charge on any atom is -0.468 e. The van der Waals surface area contributed by atoms with Gasteiger partial charge in [0.15, 0.2) is 6.79 Å². The van der Waals surface area contributed by atoms with E-state index in [4.69, 9.17) is 19.2 Å². The van der Waals surface area contributed by atoms with E-state index in [0.29, 0.717) is 18.1 Å². The highest BCUT2D eigenvalue weighted by Gasteiger charge is 2.39. The van der Waals surface area contributed by atoms with E-state index >= 15 is 4.39 Å². The Labute approximate surface area is 279 Å². The van der Waals surface area contributed by atoms with Gasteiger partial charge in [0, 0.05) is 49.8 Å². The van der Waals surface area contributed by atoms with Gasteiger partial charge in [0.1, 0.15) is 36.0 Å². The number of carbonyl (C=O) groups is 1. The molecule has 1 amide bonds. The quantitative estimate of drug-likeness (QED) is 0.113. The Bertz CT molecular complexity index is 1700. The van der Waals surface area contributed by atoms with Crippen molar-refractivity contribution in [2.75, 3.05) is 33.5 Å². The van der Waals surface area contributed by atoms with Gasteiger partial charge >= 0.3 is 6.09 Å². The van der Waals surface area contributed by atoms with Crippen LogP contribution in [0.2, 0.25) is 0 Å². The van der Waals surface area contributed by atoms with Crippen LogP contribution >= 0.6 is 0 Å².